The summed E-state index contributed by atoms with van der Waals surface area (Å²) in [5.74, 6) is 1.60. The summed E-state index contributed by atoms with van der Waals surface area (Å²) in [5.41, 5.74) is 3.25. The quantitative estimate of drug-likeness (QED) is 0.286. The smallest absolute Gasteiger partial charge is 0.295 e. The number of para-hydroxylation sites is 2. The van der Waals surface area contributed by atoms with E-state index in [9.17, 15) is 4.79 Å². The number of halogens is 1. The van der Waals surface area contributed by atoms with Crippen molar-refractivity contribution < 1.29 is 9.53 Å². The van der Waals surface area contributed by atoms with Crippen LogP contribution < -0.4 is 10.1 Å². The third-order valence-electron chi connectivity index (χ3n) is 5.35. The highest BCUT2D eigenvalue weighted by molar-refractivity contribution is 6.30. The van der Waals surface area contributed by atoms with E-state index < -0.39 is 5.91 Å². The molecule has 0 spiro atoms. The van der Waals surface area contributed by atoms with Crippen molar-refractivity contribution in [2.24, 2.45) is 0 Å². The molecule has 1 N–H and O–H groups in total. The maximum Gasteiger partial charge on any atom is 0.295 e. The highest BCUT2D eigenvalue weighted by atomic mass is 35.5. The first-order valence-corrected chi connectivity index (χ1v) is 11.4. The van der Waals surface area contributed by atoms with Crippen LogP contribution in [0.3, 0.4) is 0 Å². The highest BCUT2D eigenvalue weighted by Crippen LogP contribution is 2.26. The van der Waals surface area contributed by atoms with Gasteiger partial charge in [-0.15, -0.1) is 5.10 Å². The molecule has 0 aliphatic heterocycles. The van der Waals surface area contributed by atoms with Gasteiger partial charge in [-0.2, -0.15) is 0 Å². The second-order valence-corrected chi connectivity index (χ2v) is 8.29. The predicted molar refractivity (Wildman–Crippen MR) is 137 cm³/mol. The Balaban J connectivity index is 1.41. The van der Waals surface area contributed by atoms with Gasteiger partial charge in [-0.25, -0.2) is 9.67 Å². The zero-order valence-electron chi connectivity index (χ0n) is 18.9. The molecule has 35 heavy (non-hydrogen) atoms. The minimum Gasteiger partial charge on any atom is -0.457 e. The molecule has 0 radical (unpaired) electrons. The Bertz CT molecular complexity index is 1460. The Morgan fingerprint density at radius 1 is 0.829 bits per heavy atom. The van der Waals surface area contributed by atoms with E-state index in [1.54, 1.807) is 41.1 Å². The van der Waals surface area contributed by atoms with Crippen molar-refractivity contribution in [2.75, 3.05) is 5.32 Å². The average Bonchev–Trinajstić information content (AvgIpc) is 3.32. The number of benzene rings is 4. The predicted octanol–water partition coefficient (Wildman–Crippen LogP) is 6.94. The number of carbonyl (C=O) groups is 1. The molecule has 4 aromatic carbocycles. The van der Waals surface area contributed by atoms with Crippen LogP contribution in [0.4, 0.5) is 5.69 Å². The Morgan fingerprint density at radius 3 is 2.20 bits per heavy atom. The summed E-state index contributed by atoms with van der Waals surface area (Å²) in [6, 6.07) is 31.7. The number of amides is 1. The Hall–Kier alpha value is -4.42. The summed E-state index contributed by atoms with van der Waals surface area (Å²) < 4.78 is 7.49. The second kappa shape index (κ2) is 9.83. The van der Waals surface area contributed by atoms with Crippen LogP contribution in [0, 0.1) is 6.92 Å². The number of carbonyl (C=O) groups excluding carboxylic acids is 1. The molecule has 6 nitrogen and oxygen atoms in total. The van der Waals surface area contributed by atoms with Gasteiger partial charge in [0, 0.05) is 16.3 Å². The summed E-state index contributed by atoms with van der Waals surface area (Å²) in [6.07, 6.45) is 0. The maximum absolute atomic E-state index is 13.1. The van der Waals surface area contributed by atoms with Crippen molar-refractivity contribution in [3.05, 3.63) is 120 Å². The van der Waals surface area contributed by atoms with Gasteiger partial charge in [0.15, 0.2) is 5.82 Å². The molecular formula is C28H21ClN4O2. The highest BCUT2D eigenvalue weighted by Gasteiger charge is 2.20. The fourth-order valence-corrected chi connectivity index (χ4v) is 3.71. The number of hydrogen-bond acceptors (Lipinski definition) is 4. The molecule has 1 aromatic heterocycles. The number of rotatable bonds is 6. The van der Waals surface area contributed by atoms with E-state index in [2.05, 4.69) is 15.4 Å². The first kappa shape index (κ1) is 22.4. The number of anilines is 1. The summed E-state index contributed by atoms with van der Waals surface area (Å²) >= 11 is 6.07. The van der Waals surface area contributed by atoms with Crippen LogP contribution >= 0.6 is 11.6 Å². The number of nitrogens with zero attached hydrogens (tertiary/aromatic N) is 3. The third-order valence-corrected chi connectivity index (χ3v) is 5.60. The van der Waals surface area contributed by atoms with Crippen LogP contribution in [0.25, 0.3) is 17.1 Å². The molecule has 1 amide bonds. The van der Waals surface area contributed by atoms with Crippen LogP contribution in [0.2, 0.25) is 5.02 Å². The molecular weight excluding hydrogens is 460 g/mol. The Labute approximate surface area is 207 Å². The average molecular weight is 481 g/mol. The van der Waals surface area contributed by atoms with Crippen molar-refractivity contribution in [3.63, 3.8) is 0 Å². The summed E-state index contributed by atoms with van der Waals surface area (Å²) in [4.78, 5) is 17.6. The molecule has 172 valence electrons. The summed E-state index contributed by atoms with van der Waals surface area (Å²) in [5, 5.41) is 8.03. The van der Waals surface area contributed by atoms with Crippen molar-refractivity contribution in [3.8, 4) is 28.6 Å². The molecule has 5 aromatic rings. The zero-order valence-corrected chi connectivity index (χ0v) is 19.6. The van der Waals surface area contributed by atoms with Gasteiger partial charge < -0.3 is 10.1 Å². The minimum absolute atomic E-state index is 0.0582. The van der Waals surface area contributed by atoms with E-state index in [0.717, 1.165) is 22.6 Å². The lowest BCUT2D eigenvalue weighted by molar-refractivity contribution is 0.101. The standard InChI is InChI=1S/C28H21ClN4O2/c1-19-7-5-6-10-25(19)33-27(20-11-13-21(29)14-12-20)31-26(32-33)28(34)30-22-15-17-24(18-16-22)35-23-8-3-2-4-9-23/h2-18H,1H3,(H,30,34). The van der Waals surface area contributed by atoms with Crippen molar-refractivity contribution in [1.29, 1.82) is 0 Å². The van der Waals surface area contributed by atoms with Gasteiger partial charge in [0.05, 0.1) is 5.69 Å². The van der Waals surface area contributed by atoms with Gasteiger partial charge in [-0.3, -0.25) is 4.79 Å². The first-order chi connectivity index (χ1) is 17.1. The molecule has 5 rings (SSSR count). The van der Waals surface area contributed by atoms with E-state index in [1.165, 1.54) is 0 Å². The lowest BCUT2D eigenvalue weighted by Crippen LogP contribution is -2.14. The van der Waals surface area contributed by atoms with Crippen LogP contribution in [-0.2, 0) is 0 Å². The van der Waals surface area contributed by atoms with E-state index in [-0.39, 0.29) is 5.82 Å². The molecule has 0 unspecified atom stereocenters. The van der Waals surface area contributed by atoms with Crippen LogP contribution in [0.15, 0.2) is 103 Å². The Kier molecular flexibility index (Phi) is 6.28. The second-order valence-electron chi connectivity index (χ2n) is 7.86. The topological polar surface area (TPSA) is 69.0 Å². The molecule has 0 aliphatic carbocycles. The lowest BCUT2D eigenvalue weighted by atomic mass is 10.2. The summed E-state index contributed by atoms with van der Waals surface area (Å²) in [6.45, 7) is 1.99. The van der Waals surface area contributed by atoms with Crippen LogP contribution in [0.5, 0.6) is 11.5 Å². The number of aromatic nitrogens is 3. The molecule has 1 heterocycles. The molecule has 0 fully saturated rings. The number of ether oxygens (including phenoxy) is 1. The molecule has 7 heteroatoms. The molecule has 0 saturated carbocycles. The normalized spacial score (nSPS) is 10.7. The van der Waals surface area contributed by atoms with Gasteiger partial charge in [0.2, 0.25) is 5.82 Å². The number of aryl methyl sites for hydroxylation is 1. The minimum atomic E-state index is -0.413. The number of nitrogens with one attached hydrogen (secondary N) is 1. The van der Waals surface area contributed by atoms with E-state index in [4.69, 9.17) is 16.3 Å². The van der Waals surface area contributed by atoms with Crippen molar-refractivity contribution >= 4 is 23.2 Å². The van der Waals surface area contributed by atoms with Gasteiger partial charge >= 0.3 is 0 Å². The fourth-order valence-electron chi connectivity index (χ4n) is 3.58. The fraction of sp³-hybridized carbons (Fsp3) is 0.0357. The van der Waals surface area contributed by atoms with Crippen molar-refractivity contribution in [2.45, 2.75) is 6.92 Å². The molecule has 0 aliphatic rings. The van der Waals surface area contributed by atoms with Crippen LogP contribution in [0.1, 0.15) is 16.2 Å². The SMILES string of the molecule is Cc1ccccc1-n1nc(C(=O)Nc2ccc(Oc3ccccc3)cc2)nc1-c1ccc(Cl)cc1. The lowest BCUT2D eigenvalue weighted by Gasteiger charge is -2.08. The van der Waals surface area contributed by atoms with Crippen LogP contribution in [-0.4, -0.2) is 20.7 Å². The van der Waals surface area contributed by atoms with Gasteiger partial charge in [0.25, 0.3) is 5.91 Å². The first-order valence-electron chi connectivity index (χ1n) is 11.0. The largest absolute Gasteiger partial charge is 0.457 e. The monoisotopic (exact) mass is 480 g/mol. The van der Waals surface area contributed by atoms with Gasteiger partial charge in [-0.1, -0.05) is 48.0 Å². The summed E-state index contributed by atoms with van der Waals surface area (Å²) in [7, 11) is 0. The molecule has 0 atom stereocenters. The van der Waals surface area contributed by atoms with E-state index >= 15 is 0 Å². The third kappa shape index (κ3) is 5.08. The molecule has 0 bridgehead atoms. The maximum atomic E-state index is 13.1. The van der Waals surface area contributed by atoms with E-state index in [1.807, 2.05) is 73.7 Å². The number of hydrogen-bond donors (Lipinski definition) is 1. The van der Waals surface area contributed by atoms with Crippen molar-refractivity contribution in [1.82, 2.24) is 14.8 Å². The van der Waals surface area contributed by atoms with Gasteiger partial charge in [-0.05, 0) is 79.2 Å². The zero-order chi connectivity index (χ0) is 24.2. The molecule has 0 saturated heterocycles. The van der Waals surface area contributed by atoms with Gasteiger partial charge in [0.1, 0.15) is 11.5 Å². The Morgan fingerprint density at radius 2 is 1.49 bits per heavy atom. The van der Waals surface area contributed by atoms with E-state index in [0.29, 0.717) is 22.3 Å².